The average Bonchev–Trinajstić information content (AvgIpc) is 3.37. The van der Waals surface area contributed by atoms with Crippen molar-refractivity contribution in [2.24, 2.45) is 0 Å². The van der Waals surface area contributed by atoms with Gasteiger partial charge in [-0.3, -0.25) is 9.47 Å². The lowest BCUT2D eigenvalue weighted by Crippen LogP contribution is -2.37. The quantitative estimate of drug-likeness (QED) is 0.524. The van der Waals surface area contributed by atoms with Gasteiger partial charge >= 0.3 is 11.9 Å². The van der Waals surface area contributed by atoms with Gasteiger partial charge in [-0.25, -0.2) is 4.79 Å². The van der Waals surface area contributed by atoms with E-state index in [9.17, 15) is 18.0 Å². The predicted molar refractivity (Wildman–Crippen MR) is 110 cm³/mol. The van der Waals surface area contributed by atoms with Crippen LogP contribution in [0.1, 0.15) is 30.3 Å². The molecule has 5 rings (SSSR count). The number of fused-ring (bicyclic) bond motifs is 1. The normalized spacial score (nSPS) is 16.1. The first-order valence-electron chi connectivity index (χ1n) is 10.3. The van der Waals surface area contributed by atoms with Crippen LogP contribution in [0.3, 0.4) is 0 Å². The summed E-state index contributed by atoms with van der Waals surface area (Å²) in [6, 6.07) is 12.5. The molecular weight excluding hydrogens is 423 g/mol. The van der Waals surface area contributed by atoms with Gasteiger partial charge in [0.05, 0.1) is 28.8 Å². The van der Waals surface area contributed by atoms with Crippen molar-refractivity contribution in [3.05, 3.63) is 70.4 Å². The van der Waals surface area contributed by atoms with Gasteiger partial charge in [0.15, 0.2) is 5.82 Å². The highest BCUT2D eigenvalue weighted by Crippen LogP contribution is 2.30. The van der Waals surface area contributed by atoms with Crippen molar-refractivity contribution in [1.29, 1.82) is 0 Å². The van der Waals surface area contributed by atoms with E-state index < -0.39 is 11.7 Å². The molecule has 1 aliphatic heterocycles. The van der Waals surface area contributed by atoms with E-state index in [0.29, 0.717) is 18.1 Å². The number of hydrogen-bond donors (Lipinski definition) is 1. The average molecular weight is 443 g/mol. The standard InChI is InChI=1S/C21H20F3N7O/c22-21(23,24)14-5-7-16(8-6-14)31-19(26-27-28-31)13-29-11-9-15(10-12-29)30-18-4-2-1-3-17(18)25-20(30)32/h1-8,15H,9-13H2,(H,25,32). The van der Waals surface area contributed by atoms with Crippen LogP contribution < -0.4 is 5.69 Å². The summed E-state index contributed by atoms with van der Waals surface area (Å²) in [6.07, 6.45) is -2.80. The van der Waals surface area contributed by atoms with Crippen molar-refractivity contribution < 1.29 is 13.2 Å². The first-order chi connectivity index (χ1) is 15.4. The molecule has 11 heteroatoms. The SMILES string of the molecule is O=c1[nH]c2ccccc2n1C1CCN(Cc2nnnn2-c2ccc(C(F)(F)F)cc2)CC1. The van der Waals surface area contributed by atoms with E-state index in [4.69, 9.17) is 0 Å². The zero-order chi connectivity index (χ0) is 22.3. The lowest BCUT2D eigenvalue weighted by Gasteiger charge is -2.32. The summed E-state index contributed by atoms with van der Waals surface area (Å²) < 4.78 is 41.7. The molecule has 0 amide bonds. The summed E-state index contributed by atoms with van der Waals surface area (Å²) in [5.74, 6) is 0.549. The van der Waals surface area contributed by atoms with E-state index in [2.05, 4.69) is 25.4 Å². The van der Waals surface area contributed by atoms with Crippen LogP contribution in [-0.2, 0) is 12.7 Å². The van der Waals surface area contributed by atoms with Gasteiger partial charge in [-0.1, -0.05) is 12.1 Å². The zero-order valence-electron chi connectivity index (χ0n) is 17.0. The van der Waals surface area contributed by atoms with Crippen molar-refractivity contribution in [2.45, 2.75) is 31.6 Å². The molecule has 0 unspecified atom stereocenters. The summed E-state index contributed by atoms with van der Waals surface area (Å²) in [5.41, 5.74) is 1.39. The summed E-state index contributed by atoms with van der Waals surface area (Å²) in [6.45, 7) is 1.95. The number of rotatable bonds is 4. The second-order valence-electron chi connectivity index (χ2n) is 7.88. The molecule has 1 fully saturated rings. The van der Waals surface area contributed by atoms with Crippen LogP contribution >= 0.6 is 0 Å². The Bertz CT molecular complexity index is 1280. The molecule has 0 atom stereocenters. The zero-order valence-corrected chi connectivity index (χ0v) is 17.0. The Morgan fingerprint density at radius 3 is 2.47 bits per heavy atom. The van der Waals surface area contributed by atoms with Gasteiger partial charge in [0.2, 0.25) is 0 Å². The van der Waals surface area contributed by atoms with E-state index >= 15 is 0 Å². The molecule has 166 valence electrons. The molecule has 3 heterocycles. The molecule has 32 heavy (non-hydrogen) atoms. The van der Waals surface area contributed by atoms with E-state index in [1.165, 1.54) is 16.8 Å². The minimum absolute atomic E-state index is 0.0980. The highest BCUT2D eigenvalue weighted by molar-refractivity contribution is 5.75. The topological polar surface area (TPSA) is 84.6 Å². The number of piperidine rings is 1. The van der Waals surface area contributed by atoms with Crippen molar-refractivity contribution in [3.63, 3.8) is 0 Å². The van der Waals surface area contributed by atoms with E-state index in [1.807, 2.05) is 28.8 Å². The number of benzene rings is 2. The van der Waals surface area contributed by atoms with Gasteiger partial charge in [-0.15, -0.1) is 5.10 Å². The third-order valence-electron chi connectivity index (χ3n) is 5.88. The second kappa shape index (κ2) is 7.90. The molecule has 0 aliphatic carbocycles. The number of tetrazole rings is 1. The molecule has 0 saturated carbocycles. The number of H-pyrrole nitrogens is 1. The van der Waals surface area contributed by atoms with E-state index in [0.717, 1.165) is 49.1 Å². The Hall–Kier alpha value is -3.47. The monoisotopic (exact) mass is 443 g/mol. The molecule has 1 N–H and O–H groups in total. The minimum atomic E-state index is -4.39. The Labute approximate surface area is 180 Å². The lowest BCUT2D eigenvalue weighted by molar-refractivity contribution is -0.137. The molecule has 2 aromatic carbocycles. The van der Waals surface area contributed by atoms with Crippen molar-refractivity contribution in [1.82, 2.24) is 34.7 Å². The van der Waals surface area contributed by atoms with Crippen LogP contribution in [0.4, 0.5) is 13.2 Å². The van der Waals surface area contributed by atoms with Crippen LogP contribution in [0.2, 0.25) is 0 Å². The smallest absolute Gasteiger partial charge is 0.306 e. The number of likely N-dealkylation sites (tertiary alicyclic amines) is 1. The number of imidazole rings is 1. The Morgan fingerprint density at radius 2 is 1.75 bits per heavy atom. The van der Waals surface area contributed by atoms with Gasteiger partial charge in [0.25, 0.3) is 0 Å². The van der Waals surface area contributed by atoms with Gasteiger partial charge in [-0.05, 0) is 59.7 Å². The van der Waals surface area contributed by atoms with E-state index in [-0.39, 0.29) is 11.7 Å². The van der Waals surface area contributed by atoms with Crippen LogP contribution in [0.15, 0.2) is 53.3 Å². The van der Waals surface area contributed by atoms with E-state index in [1.54, 1.807) is 0 Å². The largest absolute Gasteiger partial charge is 0.416 e. The van der Waals surface area contributed by atoms with Gasteiger partial charge in [0, 0.05) is 19.1 Å². The van der Waals surface area contributed by atoms with Crippen molar-refractivity contribution in [3.8, 4) is 5.69 Å². The number of nitrogens with zero attached hydrogens (tertiary/aromatic N) is 6. The first-order valence-corrected chi connectivity index (χ1v) is 10.3. The second-order valence-corrected chi connectivity index (χ2v) is 7.88. The third-order valence-corrected chi connectivity index (χ3v) is 5.88. The van der Waals surface area contributed by atoms with Crippen LogP contribution in [0.5, 0.6) is 0 Å². The van der Waals surface area contributed by atoms with Crippen molar-refractivity contribution >= 4 is 11.0 Å². The molecule has 1 aliphatic rings. The van der Waals surface area contributed by atoms with Crippen LogP contribution in [0, 0.1) is 0 Å². The highest BCUT2D eigenvalue weighted by Gasteiger charge is 2.30. The van der Waals surface area contributed by atoms with Crippen LogP contribution in [-0.4, -0.2) is 47.7 Å². The fourth-order valence-corrected chi connectivity index (χ4v) is 4.27. The Kier molecular flexibility index (Phi) is 5.04. The molecule has 2 aromatic heterocycles. The number of aromatic nitrogens is 6. The molecule has 0 bridgehead atoms. The fraction of sp³-hybridized carbons (Fsp3) is 0.333. The predicted octanol–water partition coefficient (Wildman–Crippen LogP) is 3.16. The Morgan fingerprint density at radius 1 is 1.03 bits per heavy atom. The molecular formula is C21H20F3N7O. The fourth-order valence-electron chi connectivity index (χ4n) is 4.27. The molecule has 4 aromatic rings. The van der Waals surface area contributed by atoms with Crippen LogP contribution in [0.25, 0.3) is 16.7 Å². The number of para-hydroxylation sites is 2. The summed E-state index contributed by atoms with van der Waals surface area (Å²) >= 11 is 0. The van der Waals surface area contributed by atoms with Gasteiger partial charge in [-0.2, -0.15) is 17.9 Å². The minimum Gasteiger partial charge on any atom is -0.306 e. The van der Waals surface area contributed by atoms with Gasteiger partial charge < -0.3 is 4.98 Å². The summed E-state index contributed by atoms with van der Waals surface area (Å²) in [5, 5.41) is 11.7. The highest BCUT2D eigenvalue weighted by atomic mass is 19.4. The molecule has 0 spiro atoms. The third kappa shape index (κ3) is 3.79. The Balaban J connectivity index is 1.28. The van der Waals surface area contributed by atoms with Crippen molar-refractivity contribution in [2.75, 3.05) is 13.1 Å². The summed E-state index contributed by atoms with van der Waals surface area (Å²) in [7, 11) is 0. The molecule has 8 nitrogen and oxygen atoms in total. The maximum atomic E-state index is 12.8. The molecule has 1 saturated heterocycles. The number of halogens is 3. The number of hydrogen-bond acceptors (Lipinski definition) is 5. The maximum Gasteiger partial charge on any atom is 0.416 e. The van der Waals surface area contributed by atoms with Gasteiger partial charge in [0.1, 0.15) is 0 Å². The number of aromatic amines is 1. The first kappa shape index (κ1) is 20.4. The lowest BCUT2D eigenvalue weighted by atomic mass is 10.0. The number of nitrogens with one attached hydrogen (secondary N) is 1. The molecule has 0 radical (unpaired) electrons. The number of alkyl halides is 3. The summed E-state index contributed by atoms with van der Waals surface area (Å²) in [4.78, 5) is 17.5. The maximum absolute atomic E-state index is 12.8.